The van der Waals surface area contributed by atoms with Gasteiger partial charge in [-0.2, -0.15) is 0 Å². The molecule has 0 unspecified atom stereocenters. The van der Waals surface area contributed by atoms with E-state index in [0.29, 0.717) is 28.0 Å². The molecule has 1 fully saturated rings. The van der Waals surface area contributed by atoms with Crippen LogP contribution in [0.5, 0.6) is 11.6 Å². The zero-order valence-electron chi connectivity index (χ0n) is 19.1. The van der Waals surface area contributed by atoms with Gasteiger partial charge in [0.1, 0.15) is 10.6 Å². The second kappa shape index (κ2) is 9.98. The summed E-state index contributed by atoms with van der Waals surface area (Å²) in [6.07, 6.45) is 5.33. The summed E-state index contributed by atoms with van der Waals surface area (Å²) in [5.41, 5.74) is 1.65. The molecule has 2 heterocycles. The molecule has 0 spiro atoms. The van der Waals surface area contributed by atoms with Gasteiger partial charge in [-0.15, -0.1) is 0 Å². The summed E-state index contributed by atoms with van der Waals surface area (Å²) in [7, 11) is -1.09. The Kier molecular flexibility index (Phi) is 7.03. The molecule has 4 rings (SSSR count). The molecule has 0 bridgehead atoms. The maximum absolute atomic E-state index is 13.2. The third-order valence-electron chi connectivity index (χ3n) is 5.67. The molecule has 34 heavy (non-hydrogen) atoms. The van der Waals surface area contributed by atoms with Crippen LogP contribution in [0.3, 0.4) is 0 Å². The Morgan fingerprint density at radius 3 is 2.53 bits per heavy atom. The van der Waals surface area contributed by atoms with E-state index in [-0.39, 0.29) is 22.5 Å². The molecule has 3 aromatic rings. The largest absolute Gasteiger partial charge is 0.495 e. The first kappa shape index (κ1) is 24.0. The van der Waals surface area contributed by atoms with Gasteiger partial charge in [0.15, 0.2) is 5.13 Å². The topological polar surface area (TPSA) is 120 Å². The summed E-state index contributed by atoms with van der Waals surface area (Å²) < 4.78 is 39.2. The minimum Gasteiger partial charge on any atom is -0.495 e. The molecule has 2 aromatic heterocycles. The van der Waals surface area contributed by atoms with E-state index < -0.39 is 10.0 Å². The van der Waals surface area contributed by atoms with Crippen molar-refractivity contribution in [1.82, 2.24) is 9.97 Å². The summed E-state index contributed by atoms with van der Waals surface area (Å²) in [5, 5.41) is 3.43. The second-order valence-corrected chi connectivity index (χ2v) is 10.6. The molecule has 1 amide bonds. The molecule has 1 aromatic carbocycles. The van der Waals surface area contributed by atoms with Crippen LogP contribution in [0.1, 0.15) is 31.4 Å². The number of ether oxygens (including phenoxy) is 2. The van der Waals surface area contributed by atoms with Gasteiger partial charge in [-0.1, -0.05) is 24.2 Å². The lowest BCUT2D eigenvalue weighted by Gasteiger charge is -2.13. The van der Waals surface area contributed by atoms with Gasteiger partial charge in [-0.05, 0) is 49.6 Å². The number of carbonyl (C=O) groups is 1. The third-order valence-corrected chi connectivity index (χ3v) is 8.19. The molecule has 9 nitrogen and oxygen atoms in total. The molecule has 0 radical (unpaired) electrons. The van der Waals surface area contributed by atoms with Crippen LogP contribution >= 0.6 is 11.3 Å². The lowest BCUT2D eigenvalue weighted by atomic mass is 10.1. The van der Waals surface area contributed by atoms with Gasteiger partial charge >= 0.3 is 0 Å². The van der Waals surface area contributed by atoms with Gasteiger partial charge in [0.2, 0.25) is 11.8 Å². The number of carbonyl (C=O) groups excluding carboxylic acids is 1. The average molecular weight is 503 g/mol. The fourth-order valence-corrected chi connectivity index (χ4v) is 6.12. The SMILES string of the molecule is COc1ccc(NS(=O)(=O)c2cc(-c3sc(NC(=O)C4CCCC4)nc3C)ccc2OC)cn1. The van der Waals surface area contributed by atoms with Crippen molar-refractivity contribution in [2.24, 2.45) is 5.92 Å². The maximum atomic E-state index is 13.2. The number of aromatic nitrogens is 2. The number of anilines is 2. The van der Waals surface area contributed by atoms with E-state index in [2.05, 4.69) is 20.0 Å². The summed E-state index contributed by atoms with van der Waals surface area (Å²) >= 11 is 1.32. The smallest absolute Gasteiger partial charge is 0.265 e. The van der Waals surface area contributed by atoms with Crippen LogP contribution in [0.2, 0.25) is 0 Å². The molecular weight excluding hydrogens is 476 g/mol. The number of thiazole rings is 1. The van der Waals surface area contributed by atoms with Crippen molar-refractivity contribution in [2.75, 3.05) is 24.3 Å². The minimum absolute atomic E-state index is 0.00639. The molecule has 180 valence electrons. The lowest BCUT2D eigenvalue weighted by Crippen LogP contribution is -2.20. The zero-order chi connectivity index (χ0) is 24.3. The Morgan fingerprint density at radius 2 is 1.88 bits per heavy atom. The fourth-order valence-electron chi connectivity index (χ4n) is 3.91. The predicted molar refractivity (Wildman–Crippen MR) is 131 cm³/mol. The van der Waals surface area contributed by atoms with Gasteiger partial charge in [-0.25, -0.2) is 18.4 Å². The van der Waals surface area contributed by atoms with Crippen LogP contribution in [0.15, 0.2) is 41.4 Å². The monoisotopic (exact) mass is 502 g/mol. The molecule has 0 saturated heterocycles. The summed E-state index contributed by atoms with van der Waals surface area (Å²) in [5.74, 6) is 0.602. The van der Waals surface area contributed by atoms with Gasteiger partial charge in [0.05, 0.1) is 36.7 Å². The Labute approximate surface area is 202 Å². The number of rotatable bonds is 8. The standard InChI is InChI=1S/C23H26N4O5S2/c1-14-21(33-23(25-14)26-22(28)15-6-4-5-7-15)16-8-10-18(31-2)19(12-16)34(29,30)27-17-9-11-20(32-3)24-13-17/h8-13,15,27H,4-7H2,1-3H3,(H,25,26,28). The van der Waals surface area contributed by atoms with E-state index in [9.17, 15) is 13.2 Å². The maximum Gasteiger partial charge on any atom is 0.265 e. The Balaban J connectivity index is 1.61. The van der Waals surface area contributed by atoms with Crippen molar-refractivity contribution < 1.29 is 22.7 Å². The van der Waals surface area contributed by atoms with Crippen LogP contribution in [0.4, 0.5) is 10.8 Å². The number of methoxy groups -OCH3 is 2. The van der Waals surface area contributed by atoms with E-state index in [1.165, 1.54) is 31.8 Å². The molecule has 0 atom stereocenters. The third kappa shape index (κ3) is 5.15. The first-order chi connectivity index (χ1) is 16.3. The summed E-state index contributed by atoms with van der Waals surface area (Å²) in [4.78, 5) is 21.8. The zero-order valence-corrected chi connectivity index (χ0v) is 20.8. The molecule has 1 saturated carbocycles. The van der Waals surface area contributed by atoms with Crippen molar-refractivity contribution >= 4 is 38.1 Å². The van der Waals surface area contributed by atoms with Gasteiger partial charge in [0.25, 0.3) is 10.0 Å². The number of nitrogens with one attached hydrogen (secondary N) is 2. The Morgan fingerprint density at radius 1 is 1.12 bits per heavy atom. The van der Waals surface area contributed by atoms with Crippen LogP contribution in [0.25, 0.3) is 10.4 Å². The number of hydrogen-bond acceptors (Lipinski definition) is 8. The highest BCUT2D eigenvalue weighted by atomic mass is 32.2. The van der Waals surface area contributed by atoms with E-state index in [0.717, 1.165) is 30.6 Å². The first-order valence-corrected chi connectivity index (χ1v) is 13.1. The average Bonchev–Trinajstić information content (AvgIpc) is 3.49. The highest BCUT2D eigenvalue weighted by Gasteiger charge is 2.25. The van der Waals surface area contributed by atoms with E-state index in [1.54, 1.807) is 30.3 Å². The summed E-state index contributed by atoms with van der Waals surface area (Å²) in [6.45, 7) is 1.83. The van der Waals surface area contributed by atoms with Gasteiger partial charge in [-0.3, -0.25) is 9.52 Å². The van der Waals surface area contributed by atoms with E-state index in [4.69, 9.17) is 9.47 Å². The predicted octanol–water partition coefficient (Wildman–Crippen LogP) is 4.46. The number of pyridine rings is 1. The molecule has 11 heteroatoms. The van der Waals surface area contributed by atoms with Crippen LogP contribution < -0.4 is 19.5 Å². The number of aryl methyl sites for hydroxylation is 1. The van der Waals surface area contributed by atoms with Crippen molar-refractivity contribution in [3.05, 3.63) is 42.2 Å². The van der Waals surface area contributed by atoms with Gasteiger partial charge < -0.3 is 14.8 Å². The van der Waals surface area contributed by atoms with Crippen LogP contribution in [-0.4, -0.2) is 38.5 Å². The van der Waals surface area contributed by atoms with Crippen molar-refractivity contribution in [3.63, 3.8) is 0 Å². The van der Waals surface area contributed by atoms with Gasteiger partial charge in [0, 0.05) is 12.0 Å². The number of hydrogen-bond donors (Lipinski definition) is 2. The van der Waals surface area contributed by atoms with E-state index >= 15 is 0 Å². The molecule has 2 N–H and O–H groups in total. The lowest BCUT2D eigenvalue weighted by molar-refractivity contribution is -0.119. The van der Waals surface area contributed by atoms with Crippen molar-refractivity contribution in [2.45, 2.75) is 37.5 Å². The highest BCUT2D eigenvalue weighted by Crippen LogP contribution is 2.37. The summed E-state index contributed by atoms with van der Waals surface area (Å²) in [6, 6.07) is 8.04. The Hall–Kier alpha value is -3.18. The first-order valence-electron chi connectivity index (χ1n) is 10.8. The van der Waals surface area contributed by atoms with Crippen molar-refractivity contribution in [3.8, 4) is 22.1 Å². The highest BCUT2D eigenvalue weighted by molar-refractivity contribution is 7.92. The number of amides is 1. The minimum atomic E-state index is -3.98. The van der Waals surface area contributed by atoms with Crippen LogP contribution in [-0.2, 0) is 14.8 Å². The fraction of sp³-hybridized carbons (Fsp3) is 0.348. The van der Waals surface area contributed by atoms with Crippen molar-refractivity contribution in [1.29, 1.82) is 0 Å². The molecular formula is C23H26N4O5S2. The second-order valence-electron chi connectivity index (χ2n) is 7.96. The molecule has 1 aliphatic rings. The number of benzene rings is 1. The number of nitrogens with zero attached hydrogens (tertiary/aromatic N) is 2. The number of sulfonamides is 1. The molecule has 1 aliphatic carbocycles. The van der Waals surface area contributed by atoms with E-state index in [1.807, 2.05) is 6.92 Å². The normalized spacial score (nSPS) is 14.1. The Bertz CT molecular complexity index is 1280. The molecule has 0 aliphatic heterocycles. The van der Waals surface area contributed by atoms with Crippen LogP contribution in [0, 0.1) is 12.8 Å². The quantitative estimate of drug-likeness (QED) is 0.467.